The van der Waals surface area contributed by atoms with Crippen LogP contribution in [0.5, 0.6) is 0 Å². The van der Waals surface area contributed by atoms with Crippen LogP contribution in [-0.2, 0) is 0 Å². The Labute approximate surface area is 77.2 Å². The minimum atomic E-state index is -0.711. The Hall–Kier alpha value is -0.840. The first-order valence-corrected chi connectivity index (χ1v) is 4.29. The summed E-state index contributed by atoms with van der Waals surface area (Å²) in [6.07, 6.45) is 0.896. The summed E-state index contributed by atoms with van der Waals surface area (Å²) in [4.78, 5) is 0. The second-order valence-electron chi connectivity index (χ2n) is 2.98. The van der Waals surface area contributed by atoms with E-state index in [1.807, 2.05) is 19.1 Å². The lowest BCUT2D eigenvalue weighted by atomic mass is 10.2. The average Bonchev–Trinajstić information content (AvgIpc) is 2.66. The number of furan rings is 1. The van der Waals surface area contributed by atoms with E-state index in [1.54, 1.807) is 6.26 Å². The van der Waals surface area contributed by atoms with Crippen molar-refractivity contribution >= 4 is 0 Å². The van der Waals surface area contributed by atoms with Gasteiger partial charge in [0.25, 0.3) is 0 Å². The lowest BCUT2D eigenvalue weighted by Gasteiger charge is -2.13. The van der Waals surface area contributed by atoms with E-state index in [9.17, 15) is 0 Å². The highest BCUT2D eigenvalue weighted by Crippen LogP contribution is 2.11. The van der Waals surface area contributed by atoms with Crippen LogP contribution in [0, 0.1) is 0 Å². The molecule has 0 saturated carbocycles. The van der Waals surface area contributed by atoms with Gasteiger partial charge in [-0.15, -0.1) is 0 Å². The summed E-state index contributed by atoms with van der Waals surface area (Å²) >= 11 is 0. The highest BCUT2D eigenvalue weighted by Gasteiger charge is 2.09. The minimum absolute atomic E-state index is 0.0520. The number of rotatable bonds is 5. The maximum Gasteiger partial charge on any atom is 0.120 e. The molecule has 1 aromatic heterocycles. The molecule has 0 aromatic carbocycles. The number of hydrogen-bond donors (Lipinski definition) is 3. The van der Waals surface area contributed by atoms with E-state index in [4.69, 9.17) is 14.6 Å². The summed E-state index contributed by atoms with van der Waals surface area (Å²) in [5, 5.41) is 20.7. The molecule has 0 aliphatic rings. The Balaban J connectivity index is 2.30. The Morgan fingerprint density at radius 2 is 2.38 bits per heavy atom. The molecule has 0 radical (unpaired) electrons. The molecule has 0 fully saturated rings. The van der Waals surface area contributed by atoms with Crippen molar-refractivity contribution in [1.82, 2.24) is 5.32 Å². The Morgan fingerprint density at radius 3 is 2.92 bits per heavy atom. The van der Waals surface area contributed by atoms with Crippen LogP contribution in [0.1, 0.15) is 18.7 Å². The van der Waals surface area contributed by atoms with Crippen molar-refractivity contribution in [1.29, 1.82) is 0 Å². The summed E-state index contributed by atoms with van der Waals surface area (Å²) in [5.74, 6) is 0.824. The van der Waals surface area contributed by atoms with Gasteiger partial charge in [0.1, 0.15) is 5.76 Å². The summed E-state index contributed by atoms with van der Waals surface area (Å²) in [7, 11) is 0. The molecule has 0 bridgehead atoms. The number of hydrogen-bond acceptors (Lipinski definition) is 4. The van der Waals surface area contributed by atoms with Gasteiger partial charge in [0, 0.05) is 6.54 Å². The van der Waals surface area contributed by atoms with Gasteiger partial charge in [-0.2, -0.15) is 0 Å². The highest BCUT2D eigenvalue weighted by molar-refractivity contribution is 5.02. The van der Waals surface area contributed by atoms with E-state index >= 15 is 0 Å². The molecule has 1 heterocycles. The second-order valence-corrected chi connectivity index (χ2v) is 2.98. The zero-order valence-corrected chi connectivity index (χ0v) is 7.60. The fourth-order valence-corrected chi connectivity index (χ4v) is 1.02. The summed E-state index contributed by atoms with van der Waals surface area (Å²) in [6, 6.07) is 3.73. The van der Waals surface area contributed by atoms with Crippen molar-refractivity contribution in [3.63, 3.8) is 0 Å². The van der Waals surface area contributed by atoms with E-state index in [-0.39, 0.29) is 12.6 Å². The van der Waals surface area contributed by atoms with Crippen molar-refractivity contribution in [3.8, 4) is 0 Å². The van der Waals surface area contributed by atoms with Gasteiger partial charge >= 0.3 is 0 Å². The molecule has 0 aliphatic carbocycles. The molecule has 0 unspecified atom stereocenters. The molecule has 13 heavy (non-hydrogen) atoms. The predicted octanol–water partition coefficient (Wildman–Crippen LogP) is 0.283. The SMILES string of the molecule is C[C@@H](NC[C@H](O)CO)c1ccco1. The van der Waals surface area contributed by atoms with Crippen molar-refractivity contribution in [3.05, 3.63) is 24.2 Å². The van der Waals surface area contributed by atoms with Gasteiger partial charge in [-0.1, -0.05) is 0 Å². The first kappa shape index (κ1) is 10.2. The van der Waals surface area contributed by atoms with Crippen LogP contribution in [0.4, 0.5) is 0 Å². The van der Waals surface area contributed by atoms with E-state index in [0.29, 0.717) is 6.54 Å². The molecule has 4 nitrogen and oxygen atoms in total. The van der Waals surface area contributed by atoms with Gasteiger partial charge in [-0.3, -0.25) is 0 Å². The number of aliphatic hydroxyl groups is 2. The Kier molecular flexibility index (Phi) is 3.95. The molecule has 0 spiro atoms. The van der Waals surface area contributed by atoms with Gasteiger partial charge < -0.3 is 19.9 Å². The quantitative estimate of drug-likeness (QED) is 0.616. The predicted molar refractivity (Wildman–Crippen MR) is 48.2 cm³/mol. The van der Waals surface area contributed by atoms with E-state index in [1.165, 1.54) is 0 Å². The smallest absolute Gasteiger partial charge is 0.120 e. The lowest BCUT2D eigenvalue weighted by molar-refractivity contribution is 0.0917. The maximum atomic E-state index is 9.06. The number of nitrogens with one attached hydrogen (secondary N) is 1. The standard InChI is InChI=1S/C9H15NO3/c1-7(9-3-2-4-13-9)10-5-8(12)6-11/h2-4,7-8,10-12H,5-6H2,1H3/t7-,8+/m1/s1. The number of aliphatic hydroxyl groups excluding tert-OH is 2. The van der Waals surface area contributed by atoms with E-state index < -0.39 is 6.10 Å². The minimum Gasteiger partial charge on any atom is -0.468 e. The highest BCUT2D eigenvalue weighted by atomic mass is 16.3. The fourth-order valence-electron chi connectivity index (χ4n) is 1.02. The van der Waals surface area contributed by atoms with Crippen LogP contribution in [0.25, 0.3) is 0 Å². The largest absolute Gasteiger partial charge is 0.468 e. The first-order chi connectivity index (χ1) is 6.24. The normalized spacial score (nSPS) is 15.6. The van der Waals surface area contributed by atoms with Crippen LogP contribution in [0.2, 0.25) is 0 Å². The van der Waals surface area contributed by atoms with Crippen LogP contribution in [-0.4, -0.2) is 29.5 Å². The summed E-state index contributed by atoms with van der Waals surface area (Å²) < 4.78 is 5.15. The van der Waals surface area contributed by atoms with Gasteiger partial charge in [0.2, 0.25) is 0 Å². The topological polar surface area (TPSA) is 65.6 Å². The molecular formula is C9H15NO3. The molecule has 74 valence electrons. The zero-order chi connectivity index (χ0) is 9.68. The summed E-state index contributed by atoms with van der Waals surface area (Å²) in [6.45, 7) is 2.07. The zero-order valence-electron chi connectivity index (χ0n) is 7.60. The fraction of sp³-hybridized carbons (Fsp3) is 0.556. The van der Waals surface area contributed by atoms with Crippen LogP contribution < -0.4 is 5.32 Å². The first-order valence-electron chi connectivity index (χ1n) is 4.29. The molecule has 0 amide bonds. The molecule has 0 aliphatic heterocycles. The van der Waals surface area contributed by atoms with Crippen molar-refractivity contribution in [2.24, 2.45) is 0 Å². The third-order valence-electron chi connectivity index (χ3n) is 1.84. The third-order valence-corrected chi connectivity index (χ3v) is 1.84. The van der Waals surface area contributed by atoms with Gasteiger partial charge in [0.05, 0.1) is 25.0 Å². The van der Waals surface area contributed by atoms with Crippen molar-refractivity contribution in [2.75, 3.05) is 13.2 Å². The lowest BCUT2D eigenvalue weighted by Crippen LogP contribution is -2.31. The van der Waals surface area contributed by atoms with Crippen LogP contribution >= 0.6 is 0 Å². The van der Waals surface area contributed by atoms with Crippen molar-refractivity contribution in [2.45, 2.75) is 19.1 Å². The van der Waals surface area contributed by atoms with Gasteiger partial charge in [-0.25, -0.2) is 0 Å². The van der Waals surface area contributed by atoms with Gasteiger partial charge in [-0.05, 0) is 19.1 Å². The van der Waals surface area contributed by atoms with Crippen LogP contribution in [0.15, 0.2) is 22.8 Å². The average molecular weight is 185 g/mol. The third kappa shape index (κ3) is 3.18. The molecule has 1 aromatic rings. The molecule has 4 heteroatoms. The molecule has 3 N–H and O–H groups in total. The van der Waals surface area contributed by atoms with E-state index in [0.717, 1.165) is 5.76 Å². The van der Waals surface area contributed by atoms with Crippen LogP contribution in [0.3, 0.4) is 0 Å². The Morgan fingerprint density at radius 1 is 1.62 bits per heavy atom. The molecule has 1 rings (SSSR count). The van der Waals surface area contributed by atoms with Crippen molar-refractivity contribution < 1.29 is 14.6 Å². The van der Waals surface area contributed by atoms with E-state index in [2.05, 4.69) is 5.32 Å². The second kappa shape index (κ2) is 5.01. The maximum absolute atomic E-state index is 9.06. The summed E-state index contributed by atoms with van der Waals surface area (Å²) in [5.41, 5.74) is 0. The molecule has 2 atom stereocenters. The Bertz CT molecular complexity index is 223. The molecule has 0 saturated heterocycles. The van der Waals surface area contributed by atoms with Gasteiger partial charge in [0.15, 0.2) is 0 Å². The monoisotopic (exact) mass is 185 g/mol. The molecular weight excluding hydrogens is 170 g/mol.